The van der Waals surface area contributed by atoms with E-state index in [2.05, 4.69) is 5.32 Å². The van der Waals surface area contributed by atoms with Crippen molar-refractivity contribution in [3.63, 3.8) is 0 Å². The monoisotopic (exact) mass is 527 g/mol. The molecule has 186 valence electrons. The van der Waals surface area contributed by atoms with Crippen LogP contribution < -0.4 is 9.62 Å². The minimum Gasteiger partial charge on any atom is -0.354 e. The van der Waals surface area contributed by atoms with Crippen molar-refractivity contribution >= 4 is 50.7 Å². The van der Waals surface area contributed by atoms with Crippen molar-refractivity contribution in [3.05, 3.63) is 64.1 Å². The Morgan fingerprint density at radius 2 is 1.68 bits per heavy atom. The number of sulfonamides is 1. The number of rotatable bonds is 11. The van der Waals surface area contributed by atoms with Crippen LogP contribution in [0.15, 0.2) is 48.5 Å². The number of halogens is 2. The van der Waals surface area contributed by atoms with Crippen molar-refractivity contribution in [2.45, 2.75) is 33.2 Å². The Labute approximate surface area is 212 Å². The molecule has 0 fully saturated rings. The number of carbonyl (C=O) groups excluding carboxylic acids is 2. The molecule has 1 N–H and O–H groups in total. The van der Waals surface area contributed by atoms with E-state index < -0.39 is 28.5 Å². The average Bonchev–Trinajstić information content (AvgIpc) is 2.77. The summed E-state index contributed by atoms with van der Waals surface area (Å²) in [5.74, 6) is -0.582. The van der Waals surface area contributed by atoms with Crippen LogP contribution in [0.3, 0.4) is 0 Å². The third-order valence-corrected chi connectivity index (χ3v) is 6.87. The Morgan fingerprint density at radius 3 is 2.26 bits per heavy atom. The van der Waals surface area contributed by atoms with Gasteiger partial charge in [0, 0.05) is 18.1 Å². The van der Waals surface area contributed by atoms with Crippen molar-refractivity contribution in [2.75, 3.05) is 30.2 Å². The largest absolute Gasteiger partial charge is 0.354 e. The van der Waals surface area contributed by atoms with Gasteiger partial charge in [0.1, 0.15) is 12.6 Å². The van der Waals surface area contributed by atoms with Gasteiger partial charge in [-0.05, 0) is 43.0 Å². The number of anilines is 1. The Bertz CT molecular complexity index is 1090. The van der Waals surface area contributed by atoms with Crippen molar-refractivity contribution < 1.29 is 18.0 Å². The molecule has 0 spiro atoms. The quantitative estimate of drug-likeness (QED) is 0.478. The first-order chi connectivity index (χ1) is 15.9. The van der Waals surface area contributed by atoms with Gasteiger partial charge >= 0.3 is 0 Å². The summed E-state index contributed by atoms with van der Waals surface area (Å²) in [5.41, 5.74) is 1.10. The van der Waals surface area contributed by atoms with Gasteiger partial charge in [-0.2, -0.15) is 0 Å². The number of benzene rings is 2. The molecular formula is C24H31Cl2N3O4S. The summed E-state index contributed by atoms with van der Waals surface area (Å²) in [6, 6.07) is 13.1. The van der Waals surface area contributed by atoms with E-state index in [0.717, 1.165) is 16.1 Å². The van der Waals surface area contributed by atoms with E-state index in [4.69, 9.17) is 23.2 Å². The number of nitrogens with one attached hydrogen (secondary N) is 1. The molecule has 2 aromatic rings. The van der Waals surface area contributed by atoms with Gasteiger partial charge in [0.2, 0.25) is 21.8 Å². The Hall–Kier alpha value is -2.29. The van der Waals surface area contributed by atoms with Crippen LogP contribution in [-0.2, 0) is 26.0 Å². The predicted molar refractivity (Wildman–Crippen MR) is 138 cm³/mol. The SMILES string of the molecule is CC(C)CNC(=O)[C@H](C)N(CCc1ccccc1)C(=O)CN(c1cc(Cl)ccc1Cl)S(C)(=O)=O. The normalized spacial score (nSPS) is 12.3. The highest BCUT2D eigenvalue weighted by molar-refractivity contribution is 7.92. The van der Waals surface area contributed by atoms with E-state index in [1.807, 2.05) is 44.2 Å². The third-order valence-electron chi connectivity index (χ3n) is 5.19. The Balaban J connectivity index is 2.33. The van der Waals surface area contributed by atoms with Crippen LogP contribution in [0.25, 0.3) is 0 Å². The first-order valence-corrected chi connectivity index (χ1v) is 13.5. The number of nitrogens with zero attached hydrogens (tertiary/aromatic N) is 2. The minimum atomic E-state index is -3.88. The number of amides is 2. The van der Waals surface area contributed by atoms with Gasteiger partial charge in [-0.15, -0.1) is 0 Å². The van der Waals surface area contributed by atoms with Gasteiger partial charge in [0.25, 0.3) is 0 Å². The molecule has 10 heteroatoms. The minimum absolute atomic E-state index is 0.102. The molecule has 0 heterocycles. The summed E-state index contributed by atoms with van der Waals surface area (Å²) in [5, 5.41) is 3.26. The summed E-state index contributed by atoms with van der Waals surface area (Å²) in [6.45, 7) is 5.77. The number of carbonyl (C=O) groups is 2. The van der Waals surface area contributed by atoms with Crippen LogP contribution >= 0.6 is 23.2 Å². The molecule has 34 heavy (non-hydrogen) atoms. The van der Waals surface area contributed by atoms with Crippen LogP contribution in [0.4, 0.5) is 5.69 Å². The van der Waals surface area contributed by atoms with E-state index in [1.165, 1.54) is 23.1 Å². The first-order valence-electron chi connectivity index (χ1n) is 10.9. The van der Waals surface area contributed by atoms with Crippen LogP contribution in [0.5, 0.6) is 0 Å². The summed E-state index contributed by atoms with van der Waals surface area (Å²) in [4.78, 5) is 27.6. The molecule has 0 saturated heterocycles. The fourth-order valence-electron chi connectivity index (χ4n) is 3.29. The summed E-state index contributed by atoms with van der Waals surface area (Å²) >= 11 is 12.3. The zero-order chi connectivity index (χ0) is 25.5. The molecule has 0 unspecified atom stereocenters. The predicted octanol–water partition coefficient (Wildman–Crippen LogP) is 3.99. The second-order valence-corrected chi connectivity index (χ2v) is 11.3. The van der Waals surface area contributed by atoms with Gasteiger partial charge < -0.3 is 10.2 Å². The molecule has 0 aliphatic heterocycles. The van der Waals surface area contributed by atoms with Gasteiger partial charge in [0.05, 0.1) is 17.0 Å². The second-order valence-electron chi connectivity index (χ2n) is 8.50. The molecule has 2 aromatic carbocycles. The van der Waals surface area contributed by atoms with E-state index in [-0.39, 0.29) is 34.1 Å². The summed E-state index contributed by atoms with van der Waals surface area (Å²) < 4.78 is 26.1. The van der Waals surface area contributed by atoms with Crippen molar-refractivity contribution in [3.8, 4) is 0 Å². The zero-order valence-corrected chi connectivity index (χ0v) is 22.1. The topological polar surface area (TPSA) is 86.8 Å². The number of hydrogen-bond acceptors (Lipinski definition) is 4. The smallest absolute Gasteiger partial charge is 0.244 e. The summed E-state index contributed by atoms with van der Waals surface area (Å²) in [7, 11) is -3.88. The number of hydrogen-bond donors (Lipinski definition) is 1. The maximum absolute atomic E-state index is 13.4. The van der Waals surface area contributed by atoms with Crippen molar-refractivity contribution in [1.82, 2.24) is 10.2 Å². The molecule has 2 rings (SSSR count). The molecular weight excluding hydrogens is 497 g/mol. The van der Waals surface area contributed by atoms with Gasteiger partial charge in [0.15, 0.2) is 0 Å². The lowest BCUT2D eigenvalue weighted by molar-refractivity contribution is -0.138. The maximum Gasteiger partial charge on any atom is 0.244 e. The van der Waals surface area contributed by atoms with E-state index in [1.54, 1.807) is 6.92 Å². The fraction of sp³-hybridized carbons (Fsp3) is 0.417. The maximum atomic E-state index is 13.4. The highest BCUT2D eigenvalue weighted by atomic mass is 35.5. The molecule has 2 amide bonds. The molecule has 1 atom stereocenters. The molecule has 0 aliphatic rings. The highest BCUT2D eigenvalue weighted by Gasteiger charge is 2.30. The van der Waals surface area contributed by atoms with Crippen LogP contribution in [0.2, 0.25) is 10.0 Å². The highest BCUT2D eigenvalue weighted by Crippen LogP contribution is 2.30. The van der Waals surface area contributed by atoms with Crippen LogP contribution in [-0.4, -0.2) is 57.1 Å². The zero-order valence-electron chi connectivity index (χ0n) is 19.8. The first kappa shape index (κ1) is 28.0. The van der Waals surface area contributed by atoms with Crippen molar-refractivity contribution in [2.24, 2.45) is 5.92 Å². The molecule has 0 bridgehead atoms. The van der Waals surface area contributed by atoms with E-state index in [9.17, 15) is 18.0 Å². The van der Waals surface area contributed by atoms with Gasteiger partial charge in [-0.25, -0.2) is 8.42 Å². The van der Waals surface area contributed by atoms with E-state index >= 15 is 0 Å². The molecule has 0 saturated carbocycles. The molecule has 0 aliphatic carbocycles. The lowest BCUT2D eigenvalue weighted by atomic mass is 10.1. The molecule has 0 aromatic heterocycles. The third kappa shape index (κ3) is 8.18. The average molecular weight is 529 g/mol. The fourth-order valence-corrected chi connectivity index (χ4v) is 4.58. The van der Waals surface area contributed by atoms with Crippen LogP contribution in [0, 0.1) is 5.92 Å². The Morgan fingerprint density at radius 1 is 1.03 bits per heavy atom. The van der Waals surface area contributed by atoms with Crippen LogP contribution in [0.1, 0.15) is 26.3 Å². The lowest BCUT2D eigenvalue weighted by Crippen LogP contribution is -2.52. The van der Waals surface area contributed by atoms with E-state index in [0.29, 0.717) is 13.0 Å². The Kier molecular flexibility index (Phi) is 10.2. The van der Waals surface area contributed by atoms with Gasteiger partial charge in [-0.1, -0.05) is 67.4 Å². The van der Waals surface area contributed by atoms with Gasteiger partial charge in [-0.3, -0.25) is 13.9 Å². The molecule has 0 radical (unpaired) electrons. The lowest BCUT2D eigenvalue weighted by Gasteiger charge is -2.32. The standard InChI is InChI=1S/C24H31Cl2N3O4S/c1-17(2)15-27-24(31)18(3)28(13-12-19-8-6-5-7-9-19)23(30)16-29(34(4,32)33)22-14-20(25)10-11-21(22)26/h5-11,14,17-18H,12-13,15-16H2,1-4H3,(H,27,31)/t18-/m0/s1. The summed E-state index contributed by atoms with van der Waals surface area (Å²) in [6.07, 6.45) is 1.50. The van der Waals surface area contributed by atoms with Crippen molar-refractivity contribution in [1.29, 1.82) is 0 Å². The second kappa shape index (κ2) is 12.4. The molecule has 7 nitrogen and oxygen atoms in total.